The van der Waals surface area contributed by atoms with E-state index in [4.69, 9.17) is 11.6 Å². The van der Waals surface area contributed by atoms with Gasteiger partial charge in [0.15, 0.2) is 0 Å². The molecule has 0 atom stereocenters. The van der Waals surface area contributed by atoms with Crippen molar-refractivity contribution in [2.75, 3.05) is 6.54 Å². The molecule has 0 aliphatic carbocycles. The molecule has 0 bridgehead atoms. The van der Waals surface area contributed by atoms with E-state index in [0.29, 0.717) is 16.4 Å². The summed E-state index contributed by atoms with van der Waals surface area (Å²) in [6, 6.07) is 13.3. The highest BCUT2D eigenvalue weighted by atomic mass is 35.5. The van der Waals surface area contributed by atoms with Crippen LogP contribution in [0, 0.1) is 0 Å². The minimum Gasteiger partial charge on any atom is -0.352 e. The van der Waals surface area contributed by atoms with Gasteiger partial charge in [0.1, 0.15) is 0 Å². The van der Waals surface area contributed by atoms with E-state index in [0.717, 1.165) is 34.3 Å². The van der Waals surface area contributed by atoms with Crippen LogP contribution in [0.4, 0.5) is 0 Å². The van der Waals surface area contributed by atoms with Crippen LogP contribution in [0.2, 0.25) is 4.34 Å². The molecule has 0 saturated carbocycles. The van der Waals surface area contributed by atoms with Crippen molar-refractivity contribution in [1.82, 2.24) is 10.3 Å². The lowest BCUT2D eigenvalue weighted by atomic mass is 10.1. The maximum atomic E-state index is 12.6. The summed E-state index contributed by atoms with van der Waals surface area (Å²) < 4.78 is 0.712. The van der Waals surface area contributed by atoms with Crippen molar-refractivity contribution in [3.05, 3.63) is 52.4 Å². The van der Waals surface area contributed by atoms with Crippen LogP contribution in [-0.2, 0) is 0 Å². The maximum absolute atomic E-state index is 12.6. The Morgan fingerprint density at radius 1 is 1.26 bits per heavy atom. The minimum absolute atomic E-state index is 0.0547. The van der Waals surface area contributed by atoms with Crippen molar-refractivity contribution in [2.24, 2.45) is 0 Å². The first-order chi connectivity index (χ1) is 11.2. The summed E-state index contributed by atoms with van der Waals surface area (Å²) in [6.07, 6.45) is 2.03. The van der Waals surface area contributed by atoms with Crippen molar-refractivity contribution >= 4 is 39.7 Å². The Bertz CT molecular complexity index is 844. The predicted octanol–water partition coefficient (Wildman–Crippen LogP) is 5.15. The fraction of sp³-hybridized carbons (Fsp3) is 0.222. The van der Waals surface area contributed by atoms with Crippen LogP contribution >= 0.6 is 22.9 Å². The third kappa shape index (κ3) is 3.54. The lowest BCUT2D eigenvalue weighted by Gasteiger charge is -2.09. The van der Waals surface area contributed by atoms with Crippen LogP contribution in [0.1, 0.15) is 30.1 Å². The predicted molar refractivity (Wildman–Crippen MR) is 97.3 cm³/mol. The molecule has 0 unspecified atom stereocenters. The zero-order valence-electron chi connectivity index (χ0n) is 12.8. The fourth-order valence-electron chi connectivity index (χ4n) is 2.42. The maximum Gasteiger partial charge on any atom is 0.252 e. The zero-order valence-corrected chi connectivity index (χ0v) is 14.4. The van der Waals surface area contributed by atoms with Crippen LogP contribution in [0.3, 0.4) is 0 Å². The van der Waals surface area contributed by atoms with Gasteiger partial charge in [0.25, 0.3) is 5.91 Å². The average Bonchev–Trinajstić information content (AvgIpc) is 3.00. The normalized spacial score (nSPS) is 10.9. The number of fused-ring (bicyclic) bond motifs is 1. The second kappa shape index (κ2) is 7.11. The molecular formula is C18H17ClN2OS. The molecule has 5 heteroatoms. The largest absolute Gasteiger partial charge is 0.352 e. The standard InChI is InChI=1S/C18H17ClN2OS/c1-2-3-10-20-18(22)13-11-15(16-8-9-17(19)23-16)21-14-7-5-4-6-12(13)14/h4-9,11H,2-3,10H2,1H3,(H,20,22). The second-order valence-electron chi connectivity index (χ2n) is 5.29. The van der Waals surface area contributed by atoms with Crippen LogP contribution in [0.5, 0.6) is 0 Å². The number of nitrogens with zero attached hydrogens (tertiary/aromatic N) is 1. The molecule has 0 spiro atoms. The Kier molecular flexibility index (Phi) is 4.94. The fourth-order valence-corrected chi connectivity index (χ4v) is 3.42. The topological polar surface area (TPSA) is 42.0 Å². The van der Waals surface area contributed by atoms with Gasteiger partial charge in [-0.05, 0) is 30.7 Å². The van der Waals surface area contributed by atoms with Gasteiger partial charge in [-0.1, -0.05) is 43.1 Å². The van der Waals surface area contributed by atoms with E-state index in [-0.39, 0.29) is 5.91 Å². The first-order valence-corrected chi connectivity index (χ1v) is 8.82. The molecule has 118 valence electrons. The zero-order chi connectivity index (χ0) is 16.2. The van der Waals surface area contributed by atoms with Crippen LogP contribution in [0.15, 0.2) is 42.5 Å². The summed E-state index contributed by atoms with van der Waals surface area (Å²) in [5.74, 6) is -0.0547. The summed E-state index contributed by atoms with van der Waals surface area (Å²) in [7, 11) is 0. The number of pyridine rings is 1. The second-order valence-corrected chi connectivity index (χ2v) is 7.00. The van der Waals surface area contributed by atoms with E-state index < -0.39 is 0 Å². The summed E-state index contributed by atoms with van der Waals surface area (Å²) in [5.41, 5.74) is 2.25. The Labute approximate surface area is 144 Å². The number of halogens is 1. The Balaban J connectivity index is 2.05. The van der Waals surface area contributed by atoms with E-state index in [9.17, 15) is 4.79 Å². The van der Waals surface area contributed by atoms with E-state index >= 15 is 0 Å². The van der Waals surface area contributed by atoms with Crippen molar-refractivity contribution < 1.29 is 4.79 Å². The molecule has 23 heavy (non-hydrogen) atoms. The van der Waals surface area contributed by atoms with Gasteiger partial charge in [-0.25, -0.2) is 4.98 Å². The molecule has 0 aliphatic rings. The van der Waals surface area contributed by atoms with Crippen LogP contribution in [0.25, 0.3) is 21.5 Å². The third-order valence-electron chi connectivity index (χ3n) is 3.60. The number of hydrogen-bond acceptors (Lipinski definition) is 3. The Morgan fingerprint density at radius 3 is 2.83 bits per heavy atom. The summed E-state index contributed by atoms with van der Waals surface area (Å²) in [6.45, 7) is 2.79. The number of rotatable bonds is 5. The van der Waals surface area contributed by atoms with E-state index in [2.05, 4.69) is 17.2 Å². The average molecular weight is 345 g/mol. The number of amides is 1. The highest BCUT2D eigenvalue weighted by Gasteiger charge is 2.14. The number of para-hydroxylation sites is 1. The van der Waals surface area contributed by atoms with Crippen LogP contribution < -0.4 is 5.32 Å². The number of carbonyl (C=O) groups is 1. The molecule has 2 heterocycles. The number of carbonyl (C=O) groups excluding carboxylic acids is 1. The van der Waals surface area contributed by atoms with Gasteiger partial charge < -0.3 is 5.32 Å². The molecule has 1 amide bonds. The number of thiophene rings is 1. The lowest BCUT2D eigenvalue weighted by Crippen LogP contribution is -2.24. The molecule has 3 nitrogen and oxygen atoms in total. The SMILES string of the molecule is CCCCNC(=O)c1cc(-c2ccc(Cl)s2)nc2ccccc12. The van der Waals surface area contributed by atoms with E-state index in [1.54, 1.807) is 0 Å². The molecule has 3 rings (SSSR count). The van der Waals surface area contributed by atoms with Crippen LogP contribution in [-0.4, -0.2) is 17.4 Å². The van der Waals surface area contributed by atoms with E-state index in [1.807, 2.05) is 42.5 Å². The third-order valence-corrected chi connectivity index (χ3v) is 4.86. The van der Waals surface area contributed by atoms with Crippen molar-refractivity contribution in [3.8, 4) is 10.6 Å². The molecular weight excluding hydrogens is 328 g/mol. The summed E-state index contributed by atoms with van der Waals surface area (Å²) in [4.78, 5) is 18.2. The number of hydrogen-bond donors (Lipinski definition) is 1. The number of unbranched alkanes of at least 4 members (excludes halogenated alkanes) is 1. The van der Waals surface area contributed by atoms with Gasteiger partial charge in [0, 0.05) is 11.9 Å². The molecule has 1 N–H and O–H groups in total. The Hall–Kier alpha value is -1.91. The first kappa shape index (κ1) is 16.0. The molecule has 0 saturated heterocycles. The molecule has 0 aliphatic heterocycles. The van der Waals surface area contributed by atoms with Gasteiger partial charge in [0.2, 0.25) is 0 Å². The highest BCUT2D eigenvalue weighted by Crippen LogP contribution is 2.32. The van der Waals surface area contributed by atoms with Crippen molar-refractivity contribution in [2.45, 2.75) is 19.8 Å². The quantitative estimate of drug-likeness (QED) is 0.650. The molecule has 0 fully saturated rings. The van der Waals surface area contributed by atoms with Gasteiger partial charge >= 0.3 is 0 Å². The smallest absolute Gasteiger partial charge is 0.252 e. The molecule has 0 radical (unpaired) electrons. The van der Waals surface area contributed by atoms with Gasteiger partial charge in [-0.3, -0.25) is 4.79 Å². The summed E-state index contributed by atoms with van der Waals surface area (Å²) >= 11 is 7.49. The van der Waals surface area contributed by atoms with Crippen molar-refractivity contribution in [1.29, 1.82) is 0 Å². The highest BCUT2D eigenvalue weighted by molar-refractivity contribution is 7.19. The van der Waals surface area contributed by atoms with Gasteiger partial charge in [-0.15, -0.1) is 11.3 Å². The van der Waals surface area contributed by atoms with Gasteiger partial charge in [-0.2, -0.15) is 0 Å². The minimum atomic E-state index is -0.0547. The number of benzene rings is 1. The first-order valence-electron chi connectivity index (χ1n) is 7.62. The Morgan fingerprint density at radius 2 is 2.09 bits per heavy atom. The van der Waals surface area contributed by atoms with E-state index in [1.165, 1.54) is 11.3 Å². The van der Waals surface area contributed by atoms with Gasteiger partial charge in [0.05, 0.1) is 26.0 Å². The lowest BCUT2D eigenvalue weighted by molar-refractivity contribution is 0.0955. The number of nitrogens with one attached hydrogen (secondary N) is 1. The summed E-state index contributed by atoms with van der Waals surface area (Å²) in [5, 5.41) is 3.85. The molecule has 1 aromatic carbocycles. The van der Waals surface area contributed by atoms with Crippen molar-refractivity contribution in [3.63, 3.8) is 0 Å². The molecule has 2 aromatic heterocycles. The number of aromatic nitrogens is 1. The monoisotopic (exact) mass is 344 g/mol. The molecule has 3 aromatic rings.